The third kappa shape index (κ3) is 1.31. The van der Waals surface area contributed by atoms with E-state index in [0.29, 0.717) is 0 Å². The molecule has 0 heteroatoms. The second-order valence-corrected chi connectivity index (χ2v) is 6.09. The van der Waals surface area contributed by atoms with E-state index < -0.39 is 0 Å². The summed E-state index contributed by atoms with van der Waals surface area (Å²) in [6.07, 6.45) is 0. The first-order valence-electron chi connectivity index (χ1n) is 7.23. The first kappa shape index (κ1) is 11.7. The summed E-state index contributed by atoms with van der Waals surface area (Å²) in [7, 11) is 0. The monoisotopic (exact) mass is 258 g/mol. The molecule has 0 heterocycles. The van der Waals surface area contributed by atoms with Crippen LogP contribution in [-0.4, -0.2) is 0 Å². The van der Waals surface area contributed by atoms with Crippen molar-refractivity contribution in [1.29, 1.82) is 0 Å². The van der Waals surface area contributed by atoms with Crippen molar-refractivity contribution in [2.75, 3.05) is 0 Å². The van der Waals surface area contributed by atoms with E-state index >= 15 is 0 Å². The van der Waals surface area contributed by atoms with Crippen molar-refractivity contribution in [3.05, 3.63) is 58.7 Å². The lowest BCUT2D eigenvalue weighted by Gasteiger charge is -2.29. The maximum Gasteiger partial charge on any atom is -0.00668 e. The fourth-order valence-electron chi connectivity index (χ4n) is 3.54. The molecule has 0 saturated carbocycles. The maximum atomic E-state index is 2.39. The summed E-state index contributed by atoms with van der Waals surface area (Å²) in [5.74, 6) is 0. The van der Waals surface area contributed by atoms with Gasteiger partial charge in [-0.1, -0.05) is 24.3 Å². The molecule has 98 valence electrons. The average Bonchev–Trinajstić information content (AvgIpc) is 2.41. The molecule has 4 rings (SSSR count). The third-order valence-electron chi connectivity index (χ3n) is 4.75. The fourth-order valence-corrected chi connectivity index (χ4v) is 3.54. The Balaban J connectivity index is 2.12. The zero-order valence-electron chi connectivity index (χ0n) is 12.5. The lowest BCUT2D eigenvalue weighted by molar-refractivity contribution is 1.35. The highest BCUT2D eigenvalue weighted by molar-refractivity contribution is 6.11. The van der Waals surface area contributed by atoms with Crippen molar-refractivity contribution < 1.29 is 0 Å². The topological polar surface area (TPSA) is 0 Å². The highest BCUT2D eigenvalue weighted by Gasteiger charge is 2.26. The molecular weight excluding hydrogens is 240 g/mol. The number of fused-ring (bicyclic) bond motifs is 5. The van der Waals surface area contributed by atoms with E-state index in [9.17, 15) is 0 Å². The second kappa shape index (κ2) is 3.73. The van der Waals surface area contributed by atoms with Crippen LogP contribution in [0.2, 0.25) is 0 Å². The molecule has 0 atom stereocenters. The van der Waals surface area contributed by atoms with Gasteiger partial charge in [0.1, 0.15) is 0 Å². The lowest BCUT2D eigenvalue weighted by Crippen LogP contribution is -2.04. The summed E-state index contributed by atoms with van der Waals surface area (Å²) in [5, 5.41) is 2.80. The van der Waals surface area contributed by atoms with E-state index in [1.54, 1.807) is 0 Å². The van der Waals surface area contributed by atoms with Crippen LogP contribution >= 0.6 is 0 Å². The number of rotatable bonds is 0. The Morgan fingerprint density at radius 2 is 0.850 bits per heavy atom. The predicted molar refractivity (Wildman–Crippen MR) is 87.3 cm³/mol. The molecule has 1 aliphatic rings. The van der Waals surface area contributed by atoms with Crippen molar-refractivity contribution in [2.24, 2.45) is 0 Å². The van der Waals surface area contributed by atoms with Crippen LogP contribution in [0.5, 0.6) is 0 Å². The van der Waals surface area contributed by atoms with Crippen molar-refractivity contribution >= 4 is 10.8 Å². The van der Waals surface area contributed by atoms with Crippen LogP contribution in [-0.2, 0) is 0 Å². The van der Waals surface area contributed by atoms with Gasteiger partial charge in [0.25, 0.3) is 0 Å². The van der Waals surface area contributed by atoms with Gasteiger partial charge in [0, 0.05) is 0 Å². The fraction of sp³-hybridized carbons (Fsp3) is 0.200. The summed E-state index contributed by atoms with van der Waals surface area (Å²) in [4.78, 5) is 0. The lowest BCUT2D eigenvalue weighted by atomic mass is 9.74. The Morgan fingerprint density at radius 1 is 0.500 bits per heavy atom. The molecule has 3 aromatic rings. The number of aryl methyl sites for hydroxylation is 4. The van der Waals surface area contributed by atoms with Crippen LogP contribution in [0.15, 0.2) is 36.4 Å². The van der Waals surface area contributed by atoms with Gasteiger partial charge in [-0.25, -0.2) is 0 Å². The van der Waals surface area contributed by atoms with E-state index in [-0.39, 0.29) is 0 Å². The van der Waals surface area contributed by atoms with Crippen LogP contribution < -0.4 is 0 Å². The molecule has 0 saturated heterocycles. The van der Waals surface area contributed by atoms with Crippen molar-refractivity contribution in [3.63, 3.8) is 0 Å². The van der Waals surface area contributed by atoms with E-state index in [1.807, 2.05) is 0 Å². The van der Waals surface area contributed by atoms with Crippen LogP contribution in [0, 0.1) is 27.7 Å². The molecule has 3 aromatic carbocycles. The second-order valence-electron chi connectivity index (χ2n) is 6.09. The quantitative estimate of drug-likeness (QED) is 0.378. The highest BCUT2D eigenvalue weighted by Crippen LogP contribution is 2.52. The molecule has 0 bridgehead atoms. The summed E-state index contributed by atoms with van der Waals surface area (Å²) in [6.45, 7) is 8.84. The smallest absolute Gasteiger partial charge is 0.00668 e. The van der Waals surface area contributed by atoms with Gasteiger partial charge in [-0.15, -0.1) is 0 Å². The van der Waals surface area contributed by atoms with E-state index in [1.165, 1.54) is 55.3 Å². The van der Waals surface area contributed by atoms with Crippen molar-refractivity contribution in [2.45, 2.75) is 27.7 Å². The molecule has 20 heavy (non-hydrogen) atoms. The molecule has 0 unspecified atom stereocenters. The standard InChI is InChI=1S/C20H18/c1-11-5-6-12(2)16-10-18-17(9-15(11)16)19-13(3)7-8-14(4)20(18)19/h5-10H,1-4H3. The Morgan fingerprint density at radius 3 is 1.25 bits per heavy atom. The molecule has 1 aliphatic carbocycles. The molecule has 0 radical (unpaired) electrons. The number of hydrogen-bond donors (Lipinski definition) is 0. The summed E-state index contributed by atoms with van der Waals surface area (Å²) in [5.41, 5.74) is 11.3. The van der Waals surface area contributed by atoms with Gasteiger partial charge >= 0.3 is 0 Å². The zero-order valence-corrected chi connectivity index (χ0v) is 12.5. The first-order valence-corrected chi connectivity index (χ1v) is 7.23. The van der Waals surface area contributed by atoms with Crippen LogP contribution in [0.3, 0.4) is 0 Å². The Bertz CT molecular complexity index is 809. The van der Waals surface area contributed by atoms with Crippen LogP contribution in [0.4, 0.5) is 0 Å². The molecule has 0 nitrogen and oxygen atoms in total. The molecule has 0 aromatic heterocycles. The minimum atomic E-state index is 1.37. The van der Waals surface area contributed by atoms with E-state index in [4.69, 9.17) is 0 Å². The van der Waals surface area contributed by atoms with E-state index in [0.717, 1.165) is 0 Å². The Kier molecular flexibility index (Phi) is 2.18. The summed E-state index contributed by atoms with van der Waals surface area (Å²) < 4.78 is 0. The maximum absolute atomic E-state index is 2.39. The first-order chi connectivity index (χ1) is 9.58. The zero-order chi connectivity index (χ0) is 14.0. The van der Waals surface area contributed by atoms with Crippen molar-refractivity contribution in [1.82, 2.24) is 0 Å². The SMILES string of the molecule is Cc1ccc(C)c2c1-c1cc3c(C)ccc(C)c3cc1-2. The normalized spacial score (nSPS) is 12.0. The van der Waals surface area contributed by atoms with Gasteiger partial charge in [-0.05, 0) is 95.1 Å². The molecule has 0 fully saturated rings. The number of benzene rings is 3. The van der Waals surface area contributed by atoms with Gasteiger partial charge in [0.15, 0.2) is 0 Å². The molecular formula is C20H18. The minimum absolute atomic E-state index is 1.37. The molecule has 0 amide bonds. The van der Waals surface area contributed by atoms with Gasteiger partial charge in [-0.3, -0.25) is 0 Å². The van der Waals surface area contributed by atoms with E-state index in [2.05, 4.69) is 64.1 Å². The molecule has 0 N–H and O–H groups in total. The van der Waals surface area contributed by atoms with Gasteiger partial charge < -0.3 is 0 Å². The van der Waals surface area contributed by atoms with Gasteiger partial charge in [0.2, 0.25) is 0 Å². The largest absolute Gasteiger partial charge is 0.0584 e. The Labute approximate surface area is 120 Å². The molecule has 0 aliphatic heterocycles. The van der Waals surface area contributed by atoms with Crippen LogP contribution in [0.25, 0.3) is 33.0 Å². The van der Waals surface area contributed by atoms with Gasteiger partial charge in [0.05, 0.1) is 0 Å². The number of hydrogen-bond acceptors (Lipinski definition) is 0. The third-order valence-corrected chi connectivity index (χ3v) is 4.75. The summed E-state index contributed by atoms with van der Waals surface area (Å²) >= 11 is 0. The minimum Gasteiger partial charge on any atom is -0.0584 e. The average molecular weight is 258 g/mol. The van der Waals surface area contributed by atoms with Crippen molar-refractivity contribution in [3.8, 4) is 22.3 Å². The van der Waals surface area contributed by atoms with Crippen LogP contribution in [0.1, 0.15) is 22.3 Å². The Hall–Kier alpha value is -2.08. The predicted octanol–water partition coefficient (Wildman–Crippen LogP) is 5.72. The highest BCUT2D eigenvalue weighted by atomic mass is 14.3. The van der Waals surface area contributed by atoms with Gasteiger partial charge in [-0.2, -0.15) is 0 Å². The summed E-state index contributed by atoms with van der Waals surface area (Å²) in [6, 6.07) is 13.7. The molecule has 0 spiro atoms.